The molecule has 3 rings (SSSR count). The van der Waals surface area contributed by atoms with Crippen LogP contribution in [0, 0.1) is 10.1 Å². The molecule has 0 unspecified atom stereocenters. The minimum atomic E-state index is -0.602. The third kappa shape index (κ3) is 3.51. The number of carbonyl (C=O) groups excluding carboxylic acids is 1. The van der Waals surface area contributed by atoms with E-state index in [0.29, 0.717) is 13.1 Å². The Kier molecular flexibility index (Phi) is 4.29. The van der Waals surface area contributed by atoms with Gasteiger partial charge in [-0.05, 0) is 16.6 Å². The molecule has 2 aromatic heterocycles. The minimum Gasteiger partial charge on any atom is -0.358 e. The lowest BCUT2D eigenvalue weighted by atomic mass is 10.2. The lowest BCUT2D eigenvalue weighted by Crippen LogP contribution is -2.48. The molecule has 1 amide bonds. The van der Waals surface area contributed by atoms with E-state index in [1.165, 1.54) is 6.07 Å². The standard InChI is InChI=1S/C14H16N6O3/c21-14(12-8-13(17-16-12)20(22)23)19-6-4-18(5-7-19)10-11-2-1-3-15-9-11/h1-3,8-9H,4-7,10H2,(H,16,17). The highest BCUT2D eigenvalue weighted by atomic mass is 16.6. The zero-order valence-corrected chi connectivity index (χ0v) is 12.4. The molecule has 0 aromatic carbocycles. The molecule has 0 radical (unpaired) electrons. The highest BCUT2D eigenvalue weighted by Crippen LogP contribution is 2.13. The van der Waals surface area contributed by atoms with Gasteiger partial charge in [0.25, 0.3) is 5.91 Å². The summed E-state index contributed by atoms with van der Waals surface area (Å²) in [7, 11) is 0. The Morgan fingerprint density at radius 2 is 2.13 bits per heavy atom. The van der Waals surface area contributed by atoms with Crippen LogP contribution in [0.25, 0.3) is 0 Å². The van der Waals surface area contributed by atoms with Crippen LogP contribution in [-0.2, 0) is 6.54 Å². The minimum absolute atomic E-state index is 0.0809. The Balaban J connectivity index is 1.55. The Labute approximate surface area is 132 Å². The lowest BCUT2D eigenvalue weighted by Gasteiger charge is -2.34. The van der Waals surface area contributed by atoms with Crippen molar-refractivity contribution in [3.05, 3.63) is 52.0 Å². The Morgan fingerprint density at radius 3 is 2.74 bits per heavy atom. The number of nitrogens with zero attached hydrogens (tertiary/aromatic N) is 5. The molecule has 0 spiro atoms. The molecule has 1 aliphatic heterocycles. The summed E-state index contributed by atoms with van der Waals surface area (Å²) in [5.74, 6) is -0.557. The van der Waals surface area contributed by atoms with Crippen LogP contribution in [0.3, 0.4) is 0 Å². The summed E-state index contributed by atoms with van der Waals surface area (Å²) in [6, 6.07) is 5.09. The zero-order valence-electron chi connectivity index (χ0n) is 12.4. The Morgan fingerprint density at radius 1 is 1.35 bits per heavy atom. The van der Waals surface area contributed by atoms with E-state index in [1.807, 2.05) is 18.3 Å². The number of amides is 1. The molecule has 2 aromatic rings. The van der Waals surface area contributed by atoms with Crippen LogP contribution >= 0.6 is 0 Å². The van der Waals surface area contributed by atoms with E-state index in [4.69, 9.17) is 0 Å². The van der Waals surface area contributed by atoms with Crippen LogP contribution in [0.5, 0.6) is 0 Å². The molecule has 0 saturated carbocycles. The van der Waals surface area contributed by atoms with Crippen molar-refractivity contribution in [1.29, 1.82) is 0 Å². The second-order valence-electron chi connectivity index (χ2n) is 5.33. The van der Waals surface area contributed by atoms with E-state index < -0.39 is 4.92 Å². The van der Waals surface area contributed by atoms with E-state index in [9.17, 15) is 14.9 Å². The third-order valence-electron chi connectivity index (χ3n) is 3.77. The predicted octanol–water partition coefficient (Wildman–Crippen LogP) is 0.671. The van der Waals surface area contributed by atoms with Gasteiger partial charge in [0.1, 0.15) is 0 Å². The number of nitro groups is 1. The van der Waals surface area contributed by atoms with Crippen molar-refractivity contribution in [2.75, 3.05) is 26.2 Å². The van der Waals surface area contributed by atoms with Crippen LogP contribution in [0.1, 0.15) is 16.1 Å². The molecule has 0 atom stereocenters. The Hall–Kier alpha value is -2.81. The normalized spacial score (nSPS) is 15.6. The molecule has 1 fully saturated rings. The molecule has 3 heterocycles. The fraction of sp³-hybridized carbons (Fsp3) is 0.357. The summed E-state index contributed by atoms with van der Waals surface area (Å²) in [6.07, 6.45) is 3.57. The average molecular weight is 316 g/mol. The van der Waals surface area contributed by atoms with E-state index in [0.717, 1.165) is 25.2 Å². The van der Waals surface area contributed by atoms with Gasteiger partial charge in [0.05, 0.1) is 6.07 Å². The molecule has 1 N–H and O–H groups in total. The molecule has 9 heteroatoms. The topological polar surface area (TPSA) is 108 Å². The van der Waals surface area contributed by atoms with Crippen LogP contribution in [-0.4, -0.2) is 62.0 Å². The molecule has 23 heavy (non-hydrogen) atoms. The van der Waals surface area contributed by atoms with E-state index in [-0.39, 0.29) is 17.4 Å². The van der Waals surface area contributed by atoms with Gasteiger partial charge in [-0.1, -0.05) is 11.2 Å². The van der Waals surface area contributed by atoms with Crippen molar-refractivity contribution >= 4 is 11.7 Å². The largest absolute Gasteiger partial charge is 0.358 e. The van der Waals surface area contributed by atoms with Gasteiger partial charge in [-0.25, -0.2) is 0 Å². The van der Waals surface area contributed by atoms with Crippen molar-refractivity contribution in [2.45, 2.75) is 6.54 Å². The first kappa shape index (κ1) is 15.1. The maximum absolute atomic E-state index is 12.3. The molecule has 120 valence electrons. The summed E-state index contributed by atoms with van der Waals surface area (Å²) in [6.45, 7) is 3.42. The number of piperazine rings is 1. The highest BCUT2D eigenvalue weighted by Gasteiger charge is 2.25. The van der Waals surface area contributed by atoms with Crippen molar-refractivity contribution in [3.8, 4) is 0 Å². The summed E-state index contributed by atoms with van der Waals surface area (Å²) >= 11 is 0. The first-order chi connectivity index (χ1) is 11.1. The third-order valence-corrected chi connectivity index (χ3v) is 3.77. The second-order valence-corrected chi connectivity index (χ2v) is 5.33. The van der Waals surface area contributed by atoms with Crippen molar-refractivity contribution in [1.82, 2.24) is 25.0 Å². The second kappa shape index (κ2) is 6.53. The van der Waals surface area contributed by atoms with E-state index in [1.54, 1.807) is 11.1 Å². The summed E-state index contributed by atoms with van der Waals surface area (Å²) in [4.78, 5) is 30.3. The molecule has 0 bridgehead atoms. The maximum atomic E-state index is 12.3. The number of aromatic amines is 1. The fourth-order valence-electron chi connectivity index (χ4n) is 2.54. The Bertz CT molecular complexity index is 694. The van der Waals surface area contributed by atoms with Crippen molar-refractivity contribution < 1.29 is 9.72 Å². The fourth-order valence-corrected chi connectivity index (χ4v) is 2.54. The first-order valence-corrected chi connectivity index (χ1v) is 7.24. The number of nitrogens with one attached hydrogen (secondary N) is 1. The van der Waals surface area contributed by atoms with Gasteiger partial charge < -0.3 is 15.0 Å². The number of hydrogen-bond acceptors (Lipinski definition) is 6. The number of carbonyl (C=O) groups is 1. The van der Waals surface area contributed by atoms with Gasteiger partial charge in [-0.3, -0.25) is 14.7 Å². The van der Waals surface area contributed by atoms with Gasteiger partial charge in [0, 0.05) is 45.1 Å². The quantitative estimate of drug-likeness (QED) is 0.656. The van der Waals surface area contributed by atoms with E-state index in [2.05, 4.69) is 20.1 Å². The maximum Gasteiger partial charge on any atom is 0.343 e. The van der Waals surface area contributed by atoms with Gasteiger partial charge in [-0.2, -0.15) is 0 Å². The summed E-state index contributed by atoms with van der Waals surface area (Å²) in [5, 5.41) is 16.6. The number of pyridine rings is 1. The number of aromatic nitrogens is 3. The first-order valence-electron chi connectivity index (χ1n) is 7.24. The molecule has 1 aliphatic rings. The van der Waals surface area contributed by atoms with Crippen molar-refractivity contribution in [3.63, 3.8) is 0 Å². The average Bonchev–Trinajstić information content (AvgIpc) is 3.06. The highest BCUT2D eigenvalue weighted by molar-refractivity contribution is 5.92. The van der Waals surface area contributed by atoms with Crippen LogP contribution < -0.4 is 0 Å². The molecular weight excluding hydrogens is 300 g/mol. The number of H-pyrrole nitrogens is 1. The SMILES string of the molecule is O=C(c1cc([N+](=O)[O-])[nH]n1)N1CCN(Cc2cccnc2)CC1. The molecular formula is C14H16N6O3. The zero-order chi connectivity index (χ0) is 16.2. The van der Waals surface area contributed by atoms with Gasteiger partial charge in [0.15, 0.2) is 5.69 Å². The predicted molar refractivity (Wildman–Crippen MR) is 80.7 cm³/mol. The molecule has 0 aliphatic carbocycles. The summed E-state index contributed by atoms with van der Waals surface area (Å²) in [5.41, 5.74) is 1.22. The number of hydrogen-bond donors (Lipinski definition) is 1. The molecule has 9 nitrogen and oxygen atoms in total. The summed E-state index contributed by atoms with van der Waals surface area (Å²) < 4.78 is 0. The van der Waals surface area contributed by atoms with Gasteiger partial charge in [0.2, 0.25) is 0 Å². The smallest absolute Gasteiger partial charge is 0.343 e. The molecule has 1 saturated heterocycles. The monoisotopic (exact) mass is 316 g/mol. The van der Waals surface area contributed by atoms with Gasteiger partial charge in [-0.15, -0.1) is 5.10 Å². The number of rotatable bonds is 4. The lowest BCUT2D eigenvalue weighted by molar-refractivity contribution is -0.389. The van der Waals surface area contributed by atoms with Gasteiger partial charge >= 0.3 is 5.82 Å². The van der Waals surface area contributed by atoms with E-state index >= 15 is 0 Å². The van der Waals surface area contributed by atoms with Crippen LogP contribution in [0.2, 0.25) is 0 Å². The van der Waals surface area contributed by atoms with Crippen LogP contribution in [0.15, 0.2) is 30.6 Å². The van der Waals surface area contributed by atoms with Crippen molar-refractivity contribution in [2.24, 2.45) is 0 Å². The van der Waals surface area contributed by atoms with Crippen LogP contribution in [0.4, 0.5) is 5.82 Å².